The van der Waals surface area contributed by atoms with Crippen LogP contribution in [-0.4, -0.2) is 11.8 Å². The molecule has 1 fully saturated rings. The largest absolute Gasteiger partial charge is 0.404 e. The Morgan fingerprint density at radius 2 is 2.00 bits per heavy atom. The fourth-order valence-electron chi connectivity index (χ4n) is 2.53. The second kappa shape index (κ2) is 6.77. The van der Waals surface area contributed by atoms with E-state index in [1.54, 1.807) is 6.20 Å². The van der Waals surface area contributed by atoms with Crippen molar-refractivity contribution in [1.82, 2.24) is 0 Å². The van der Waals surface area contributed by atoms with E-state index in [2.05, 4.69) is 33.8 Å². The first-order valence-electron chi connectivity index (χ1n) is 7.25. The summed E-state index contributed by atoms with van der Waals surface area (Å²) in [4.78, 5) is 4.77. The summed E-state index contributed by atoms with van der Waals surface area (Å²) in [5.74, 6) is 0.471. The summed E-state index contributed by atoms with van der Waals surface area (Å²) in [5.41, 5.74) is 8.52. The average Bonchev–Trinajstić information content (AvgIpc) is 2.30. The van der Waals surface area contributed by atoms with Crippen LogP contribution in [0.2, 0.25) is 0 Å². The van der Waals surface area contributed by atoms with Crippen LogP contribution >= 0.6 is 0 Å². The molecule has 1 rings (SSSR count). The molecule has 1 aliphatic rings. The van der Waals surface area contributed by atoms with Crippen LogP contribution in [-0.2, 0) is 0 Å². The van der Waals surface area contributed by atoms with Gasteiger partial charge in [0.15, 0.2) is 0 Å². The maximum Gasteiger partial charge on any atom is 0.0605 e. The summed E-state index contributed by atoms with van der Waals surface area (Å²) in [6.07, 6.45) is 11.9. The molecule has 0 spiro atoms. The van der Waals surface area contributed by atoms with Gasteiger partial charge in [0.1, 0.15) is 0 Å². The van der Waals surface area contributed by atoms with Gasteiger partial charge in [0, 0.05) is 6.21 Å². The average molecular weight is 248 g/mol. The third kappa shape index (κ3) is 3.47. The van der Waals surface area contributed by atoms with E-state index in [-0.39, 0.29) is 5.54 Å². The van der Waals surface area contributed by atoms with E-state index in [4.69, 9.17) is 10.7 Å². The molecule has 0 heterocycles. The molecular formula is C16H28N2. The number of rotatable bonds is 6. The van der Waals surface area contributed by atoms with Crippen molar-refractivity contribution in [2.75, 3.05) is 0 Å². The molecule has 0 radical (unpaired) electrons. The van der Waals surface area contributed by atoms with Crippen LogP contribution in [0.25, 0.3) is 0 Å². The van der Waals surface area contributed by atoms with Gasteiger partial charge in [0.25, 0.3) is 0 Å². The standard InChI is InChI=1S/C16H28N2/c1-5-14(15(12-17)13(3)4)8-11-18-16(6-2)9-7-10-16/h8,11-13H,5-7,9-10,17H2,1-4H3/b14-8-,15-12+,18-11?. The van der Waals surface area contributed by atoms with E-state index in [9.17, 15) is 0 Å². The minimum absolute atomic E-state index is 0.250. The number of nitrogens with two attached hydrogens (primary N) is 1. The quantitative estimate of drug-likeness (QED) is 0.554. The Morgan fingerprint density at radius 3 is 2.33 bits per heavy atom. The van der Waals surface area contributed by atoms with E-state index in [0.29, 0.717) is 5.92 Å². The molecule has 2 nitrogen and oxygen atoms in total. The number of allylic oxidation sites excluding steroid dienone is 3. The monoisotopic (exact) mass is 248 g/mol. The molecule has 2 N–H and O–H groups in total. The summed E-state index contributed by atoms with van der Waals surface area (Å²) in [7, 11) is 0. The first-order valence-corrected chi connectivity index (χ1v) is 7.25. The lowest BCUT2D eigenvalue weighted by Crippen LogP contribution is -2.33. The minimum Gasteiger partial charge on any atom is -0.404 e. The highest BCUT2D eigenvalue weighted by Crippen LogP contribution is 2.38. The summed E-state index contributed by atoms with van der Waals surface area (Å²) >= 11 is 0. The molecule has 0 aromatic heterocycles. The maximum atomic E-state index is 5.72. The van der Waals surface area contributed by atoms with Crippen LogP contribution < -0.4 is 5.73 Å². The second-order valence-electron chi connectivity index (χ2n) is 5.53. The molecule has 1 saturated carbocycles. The summed E-state index contributed by atoms with van der Waals surface area (Å²) in [6.45, 7) is 8.77. The molecule has 18 heavy (non-hydrogen) atoms. The highest BCUT2D eigenvalue weighted by Gasteiger charge is 2.33. The highest BCUT2D eigenvalue weighted by molar-refractivity contribution is 5.74. The molecule has 0 aromatic rings. The van der Waals surface area contributed by atoms with Crippen molar-refractivity contribution in [1.29, 1.82) is 0 Å². The van der Waals surface area contributed by atoms with Crippen molar-refractivity contribution in [3.8, 4) is 0 Å². The Labute approximate surface area is 112 Å². The summed E-state index contributed by atoms with van der Waals surface area (Å²) in [5, 5.41) is 0. The molecule has 0 aromatic carbocycles. The third-order valence-electron chi connectivity index (χ3n) is 4.12. The molecule has 0 atom stereocenters. The molecule has 0 unspecified atom stereocenters. The topological polar surface area (TPSA) is 38.4 Å². The van der Waals surface area contributed by atoms with Crippen molar-refractivity contribution < 1.29 is 0 Å². The van der Waals surface area contributed by atoms with E-state index in [1.807, 2.05) is 6.21 Å². The summed E-state index contributed by atoms with van der Waals surface area (Å²) in [6, 6.07) is 0. The lowest BCUT2D eigenvalue weighted by Gasteiger charge is -2.37. The van der Waals surface area contributed by atoms with Crippen molar-refractivity contribution in [3.63, 3.8) is 0 Å². The fourth-order valence-corrected chi connectivity index (χ4v) is 2.53. The van der Waals surface area contributed by atoms with E-state index in [1.165, 1.54) is 30.4 Å². The molecule has 2 heteroatoms. The molecular weight excluding hydrogens is 220 g/mol. The predicted octanol–water partition coefficient (Wildman–Crippen LogP) is 4.22. The number of aliphatic imine (C=N–C) groups is 1. The number of hydrogen-bond acceptors (Lipinski definition) is 2. The molecule has 0 amide bonds. The Balaban J connectivity index is 2.76. The second-order valence-corrected chi connectivity index (χ2v) is 5.53. The molecule has 0 saturated heterocycles. The van der Waals surface area contributed by atoms with Crippen LogP contribution in [0.5, 0.6) is 0 Å². The zero-order valence-corrected chi connectivity index (χ0v) is 12.4. The van der Waals surface area contributed by atoms with Crippen molar-refractivity contribution >= 4 is 6.21 Å². The van der Waals surface area contributed by atoms with Crippen molar-refractivity contribution in [2.45, 2.75) is 65.3 Å². The minimum atomic E-state index is 0.250. The zero-order valence-electron chi connectivity index (χ0n) is 12.4. The molecule has 102 valence electrons. The predicted molar refractivity (Wildman–Crippen MR) is 80.8 cm³/mol. The molecule has 0 bridgehead atoms. The lowest BCUT2D eigenvalue weighted by molar-refractivity contribution is 0.245. The smallest absolute Gasteiger partial charge is 0.0605 e. The lowest BCUT2D eigenvalue weighted by atomic mass is 9.75. The van der Waals surface area contributed by atoms with Gasteiger partial charge in [-0.1, -0.05) is 27.7 Å². The molecule has 0 aliphatic heterocycles. The van der Waals surface area contributed by atoms with Gasteiger partial charge in [0.2, 0.25) is 0 Å². The van der Waals surface area contributed by atoms with Gasteiger partial charge in [0.05, 0.1) is 5.54 Å². The maximum absolute atomic E-state index is 5.72. The fraction of sp³-hybridized carbons (Fsp3) is 0.688. The Bertz CT molecular complexity index is 339. The van der Waals surface area contributed by atoms with Gasteiger partial charge in [-0.3, -0.25) is 4.99 Å². The normalized spacial score (nSPS) is 20.5. The van der Waals surface area contributed by atoms with Crippen LogP contribution in [0.3, 0.4) is 0 Å². The van der Waals surface area contributed by atoms with Gasteiger partial charge >= 0.3 is 0 Å². The van der Waals surface area contributed by atoms with Gasteiger partial charge in [-0.05, 0) is 61.4 Å². The number of hydrogen-bond donors (Lipinski definition) is 1. The van der Waals surface area contributed by atoms with E-state index in [0.717, 1.165) is 12.8 Å². The van der Waals surface area contributed by atoms with Crippen LogP contribution in [0.1, 0.15) is 59.8 Å². The third-order valence-corrected chi connectivity index (χ3v) is 4.12. The SMILES string of the molecule is CCC(=C/C=NC1(CC)CCC1)/C(=C/N)C(C)C. The van der Waals surface area contributed by atoms with E-state index < -0.39 is 0 Å². The Hall–Kier alpha value is -1.05. The van der Waals surface area contributed by atoms with Gasteiger partial charge in [-0.2, -0.15) is 0 Å². The first kappa shape index (κ1) is 15.0. The molecule has 1 aliphatic carbocycles. The zero-order chi connectivity index (χ0) is 13.6. The van der Waals surface area contributed by atoms with Crippen LogP contribution in [0.4, 0.5) is 0 Å². The highest BCUT2D eigenvalue weighted by atomic mass is 14.9. The van der Waals surface area contributed by atoms with Gasteiger partial charge in [-0.15, -0.1) is 0 Å². The van der Waals surface area contributed by atoms with Crippen molar-refractivity contribution in [3.05, 3.63) is 23.4 Å². The Morgan fingerprint density at radius 1 is 1.33 bits per heavy atom. The van der Waals surface area contributed by atoms with Crippen LogP contribution in [0, 0.1) is 5.92 Å². The van der Waals surface area contributed by atoms with Gasteiger partial charge < -0.3 is 5.73 Å². The van der Waals surface area contributed by atoms with Gasteiger partial charge in [-0.25, -0.2) is 0 Å². The van der Waals surface area contributed by atoms with Crippen molar-refractivity contribution in [2.24, 2.45) is 16.6 Å². The first-order chi connectivity index (χ1) is 8.58. The Kier molecular flexibility index (Phi) is 5.64. The summed E-state index contributed by atoms with van der Waals surface area (Å²) < 4.78 is 0. The van der Waals surface area contributed by atoms with E-state index >= 15 is 0 Å². The van der Waals surface area contributed by atoms with Crippen LogP contribution in [0.15, 0.2) is 28.4 Å². The number of nitrogens with zero attached hydrogens (tertiary/aromatic N) is 1.